The molecule has 462 valence electrons. The lowest BCUT2D eigenvalue weighted by molar-refractivity contribution is -0.870. The summed E-state index contributed by atoms with van der Waals surface area (Å²) in [6.07, 6.45) is 79.4. The first-order chi connectivity index (χ1) is 38.9. The summed E-state index contributed by atoms with van der Waals surface area (Å²) in [6.45, 7) is 6.77. The molecule has 0 aromatic carbocycles. The number of amides is 1. The Bertz CT molecular complexity index is 1690. The molecule has 1 amide bonds. The van der Waals surface area contributed by atoms with Gasteiger partial charge in [-0.15, -0.1) is 0 Å². The van der Waals surface area contributed by atoms with E-state index in [9.17, 15) is 19.0 Å². The Morgan fingerprint density at radius 3 is 1.18 bits per heavy atom. The van der Waals surface area contributed by atoms with Crippen LogP contribution in [0.1, 0.15) is 284 Å². The number of phosphoric ester groups is 1. The molecule has 1 N–H and O–H groups in total. The quantitative estimate of drug-likeness (QED) is 0.0212. The summed E-state index contributed by atoms with van der Waals surface area (Å²) in [4.78, 5) is 40.1. The number of hydrogen-bond acceptors (Lipinski definition) is 7. The number of ether oxygens (including phenoxy) is 1. The van der Waals surface area contributed by atoms with E-state index in [0.29, 0.717) is 23.9 Å². The van der Waals surface area contributed by atoms with Crippen molar-refractivity contribution in [1.29, 1.82) is 0 Å². The van der Waals surface area contributed by atoms with Gasteiger partial charge in [0.2, 0.25) is 5.91 Å². The van der Waals surface area contributed by atoms with E-state index in [4.69, 9.17) is 13.8 Å². The second kappa shape index (κ2) is 59.1. The van der Waals surface area contributed by atoms with Gasteiger partial charge in [-0.05, 0) is 115 Å². The largest absolute Gasteiger partial charge is 0.756 e. The molecular weight excluding hydrogens is 1010 g/mol. The van der Waals surface area contributed by atoms with Crippen LogP contribution in [0.4, 0.5) is 0 Å². The summed E-state index contributed by atoms with van der Waals surface area (Å²) in [5.41, 5.74) is 0. The number of hydrogen-bond donors (Lipinski definition) is 1. The minimum atomic E-state index is -4.71. The van der Waals surface area contributed by atoms with Gasteiger partial charge in [0.15, 0.2) is 0 Å². The molecule has 0 rings (SSSR count). The first kappa shape index (κ1) is 76.9. The Morgan fingerprint density at radius 2 is 0.762 bits per heavy atom. The van der Waals surface area contributed by atoms with Crippen LogP contribution in [0.15, 0.2) is 97.2 Å². The van der Waals surface area contributed by atoms with Crippen molar-refractivity contribution in [1.82, 2.24) is 5.32 Å². The summed E-state index contributed by atoms with van der Waals surface area (Å²) in [7, 11) is 1.16. The second-order valence-corrected chi connectivity index (χ2v) is 24.7. The molecule has 0 aliphatic heterocycles. The lowest BCUT2D eigenvalue weighted by Gasteiger charge is -2.30. The van der Waals surface area contributed by atoms with Gasteiger partial charge in [0, 0.05) is 12.8 Å². The van der Waals surface area contributed by atoms with E-state index in [2.05, 4.69) is 111 Å². The van der Waals surface area contributed by atoms with Gasteiger partial charge in [-0.1, -0.05) is 253 Å². The zero-order valence-electron chi connectivity index (χ0n) is 52.8. The van der Waals surface area contributed by atoms with Crippen molar-refractivity contribution in [3.63, 3.8) is 0 Å². The number of unbranched alkanes of at least 4 members (excludes halogenated alkanes) is 29. The molecule has 80 heavy (non-hydrogen) atoms. The van der Waals surface area contributed by atoms with Crippen LogP contribution in [0.3, 0.4) is 0 Å². The lowest BCUT2D eigenvalue weighted by atomic mass is 10.0. The van der Waals surface area contributed by atoms with Gasteiger partial charge in [-0.25, -0.2) is 0 Å². The monoisotopic (exact) mass is 1140 g/mol. The highest BCUT2D eigenvalue weighted by molar-refractivity contribution is 7.45. The van der Waals surface area contributed by atoms with E-state index in [-0.39, 0.29) is 24.9 Å². The smallest absolute Gasteiger partial charge is 0.306 e. The standard InChI is InChI=1S/C70H125N2O7P/c1-7-10-13-16-19-22-25-28-30-32-34-35-36-37-39-40-42-44-47-50-53-56-59-62-69(73)71-67(66-78-80(75,76)77-65-64-72(4,5)6)68(61-58-55-52-49-46-27-24-21-18-15-12-9-3)79-70(74)63-60-57-54-51-48-45-43-41-38-33-31-29-26-23-20-17-14-11-8-2/h19-20,22-23,28-31,34-35,38,41,45,48,58,61,67-68H,7-18,21,24-27,32-33,36-37,39-40,42-44,46-47,49-57,59-60,62-66H2,1-6H3,(H-,71,73,75,76)/b22-19-,23-20-,30-28-,31-29-,35-34-,41-38-,48-45-,61-58-. The van der Waals surface area contributed by atoms with Crippen LogP contribution < -0.4 is 10.2 Å². The summed E-state index contributed by atoms with van der Waals surface area (Å²) in [5.74, 6) is -0.582. The molecular formula is C70H125N2O7P. The summed E-state index contributed by atoms with van der Waals surface area (Å²) >= 11 is 0. The van der Waals surface area contributed by atoms with Gasteiger partial charge in [-0.3, -0.25) is 14.2 Å². The number of nitrogens with zero attached hydrogens (tertiary/aromatic N) is 1. The number of rotatable bonds is 59. The third-order valence-corrected chi connectivity index (χ3v) is 15.2. The van der Waals surface area contributed by atoms with Crippen LogP contribution in [-0.4, -0.2) is 69.4 Å². The minimum Gasteiger partial charge on any atom is -0.756 e. The first-order valence-electron chi connectivity index (χ1n) is 33.0. The van der Waals surface area contributed by atoms with Gasteiger partial charge >= 0.3 is 5.97 Å². The van der Waals surface area contributed by atoms with Crippen molar-refractivity contribution < 1.29 is 37.3 Å². The molecule has 0 saturated carbocycles. The molecule has 0 heterocycles. The molecule has 10 heteroatoms. The van der Waals surface area contributed by atoms with Crippen LogP contribution in [0, 0.1) is 0 Å². The molecule has 9 nitrogen and oxygen atoms in total. The average Bonchev–Trinajstić information content (AvgIpc) is 3.43. The molecule has 3 unspecified atom stereocenters. The third-order valence-electron chi connectivity index (χ3n) is 14.2. The summed E-state index contributed by atoms with van der Waals surface area (Å²) < 4.78 is 30.3. The fourth-order valence-corrected chi connectivity index (χ4v) is 9.82. The molecule has 0 aromatic heterocycles. The highest BCUT2D eigenvalue weighted by Gasteiger charge is 2.27. The zero-order valence-corrected chi connectivity index (χ0v) is 53.7. The van der Waals surface area contributed by atoms with Crippen molar-refractivity contribution in [3.8, 4) is 0 Å². The Kier molecular flexibility index (Phi) is 56.8. The van der Waals surface area contributed by atoms with Crippen LogP contribution in [0.25, 0.3) is 0 Å². The SMILES string of the molecule is CCCCC/C=C\C/C=C\C/C=C\C/C=C\CCCCCC(=O)OC(/C=C\CCCCCCCCCCCC)C(COP(=O)([O-])OCC[N+](C)(C)C)NC(=O)CCCCCCCCCCCC/C=C\C/C=C\C/C=C\CCCCC. The van der Waals surface area contributed by atoms with Crippen LogP contribution >= 0.6 is 7.82 Å². The maximum Gasteiger partial charge on any atom is 0.306 e. The highest BCUT2D eigenvalue weighted by atomic mass is 31.2. The number of likely N-dealkylation sites (N-methyl/N-ethyl adjacent to an activating group) is 1. The van der Waals surface area contributed by atoms with Crippen molar-refractivity contribution in [2.75, 3.05) is 40.9 Å². The number of quaternary nitrogens is 1. The molecule has 0 fully saturated rings. The second-order valence-electron chi connectivity index (χ2n) is 23.3. The van der Waals surface area contributed by atoms with Gasteiger partial charge in [0.05, 0.1) is 33.8 Å². The predicted octanol–water partition coefficient (Wildman–Crippen LogP) is 20.1. The Morgan fingerprint density at radius 1 is 0.438 bits per heavy atom. The van der Waals surface area contributed by atoms with Crippen molar-refractivity contribution >= 4 is 19.7 Å². The molecule has 0 saturated heterocycles. The average molecular weight is 1140 g/mol. The van der Waals surface area contributed by atoms with Gasteiger partial charge in [0.1, 0.15) is 19.3 Å². The third kappa shape index (κ3) is 59.5. The zero-order chi connectivity index (χ0) is 58.6. The van der Waals surface area contributed by atoms with E-state index >= 15 is 0 Å². The van der Waals surface area contributed by atoms with E-state index in [0.717, 1.165) is 103 Å². The highest BCUT2D eigenvalue weighted by Crippen LogP contribution is 2.38. The van der Waals surface area contributed by atoms with Gasteiger partial charge < -0.3 is 28.5 Å². The number of nitrogens with one attached hydrogen (secondary N) is 1. The predicted molar refractivity (Wildman–Crippen MR) is 344 cm³/mol. The number of carbonyl (C=O) groups excluding carboxylic acids is 2. The van der Waals surface area contributed by atoms with Crippen LogP contribution in [0.2, 0.25) is 0 Å². The molecule has 3 atom stereocenters. The number of esters is 1. The number of carbonyl (C=O) groups is 2. The van der Waals surface area contributed by atoms with Crippen LogP contribution in [0.5, 0.6) is 0 Å². The van der Waals surface area contributed by atoms with Gasteiger partial charge in [-0.2, -0.15) is 0 Å². The Labute approximate surface area is 494 Å². The molecule has 0 aliphatic rings. The molecule has 0 aliphatic carbocycles. The van der Waals surface area contributed by atoms with E-state index in [1.165, 1.54) is 141 Å². The normalized spacial score (nSPS) is 14.2. The Hall–Kier alpha value is -3.07. The first-order valence-corrected chi connectivity index (χ1v) is 34.5. The maximum absolute atomic E-state index is 13.6. The van der Waals surface area contributed by atoms with Crippen LogP contribution in [-0.2, 0) is 27.9 Å². The molecule has 0 spiro atoms. The number of allylic oxidation sites excluding steroid dienone is 15. The minimum absolute atomic E-state index is 0.0325. The summed E-state index contributed by atoms with van der Waals surface area (Å²) in [5, 5.41) is 3.02. The van der Waals surface area contributed by atoms with Gasteiger partial charge in [0.25, 0.3) is 7.82 Å². The fourth-order valence-electron chi connectivity index (χ4n) is 9.10. The Balaban J connectivity index is 5.24. The van der Waals surface area contributed by atoms with Crippen molar-refractivity contribution in [2.24, 2.45) is 0 Å². The lowest BCUT2D eigenvalue weighted by Crippen LogP contribution is -2.47. The molecule has 0 radical (unpaired) electrons. The van der Waals surface area contributed by atoms with E-state index < -0.39 is 26.6 Å². The summed E-state index contributed by atoms with van der Waals surface area (Å²) in [6, 6.07) is -0.910. The fraction of sp³-hybridized carbons (Fsp3) is 0.743. The maximum atomic E-state index is 13.6. The topological polar surface area (TPSA) is 114 Å². The molecule has 0 bridgehead atoms. The van der Waals surface area contributed by atoms with E-state index in [1.807, 2.05) is 33.3 Å². The van der Waals surface area contributed by atoms with Crippen molar-refractivity contribution in [2.45, 2.75) is 296 Å². The molecule has 0 aromatic rings. The number of phosphoric acid groups is 1. The van der Waals surface area contributed by atoms with Crippen molar-refractivity contribution in [3.05, 3.63) is 97.2 Å². The van der Waals surface area contributed by atoms with E-state index in [1.54, 1.807) is 0 Å².